The lowest BCUT2D eigenvalue weighted by Gasteiger charge is -2.27. The van der Waals surface area contributed by atoms with Crippen molar-refractivity contribution in [2.75, 3.05) is 0 Å². The van der Waals surface area contributed by atoms with Crippen LogP contribution in [-0.2, 0) is 0 Å². The van der Waals surface area contributed by atoms with Gasteiger partial charge in [0, 0.05) is 169 Å². The fraction of sp³-hybridized carbons (Fsp3) is 0.207. The summed E-state index contributed by atoms with van der Waals surface area (Å²) in [6.07, 6.45) is 8.51. The lowest BCUT2D eigenvalue weighted by Crippen LogP contribution is -2.39. The Morgan fingerprint density at radius 1 is 0.167 bits per heavy atom. The number of nitrogens with zero attached hydrogens (tertiary/aromatic N) is 2. The van der Waals surface area contributed by atoms with E-state index in [-0.39, 0.29) is 0 Å². The summed E-state index contributed by atoms with van der Waals surface area (Å²) in [5.41, 5.74) is 22.0. The molecular formula is C116H110Cl16N4Si8. The zero-order chi connectivity index (χ0) is 105. The van der Waals surface area contributed by atoms with Gasteiger partial charge in [-0.25, -0.2) is 9.97 Å². The maximum Gasteiger partial charge on any atom is 0.0815 e. The van der Waals surface area contributed by atoms with Crippen LogP contribution in [0.1, 0.15) is 22.8 Å². The Labute approximate surface area is 935 Å². The van der Waals surface area contributed by atoms with Gasteiger partial charge >= 0.3 is 0 Å². The summed E-state index contributed by atoms with van der Waals surface area (Å²) in [5, 5.41) is 15.4. The second-order valence-corrected chi connectivity index (χ2v) is 92.5. The minimum absolute atomic E-state index is 0.417. The average molecular weight is 2350 g/mol. The van der Waals surface area contributed by atoms with Crippen LogP contribution in [0.25, 0.3) is 180 Å². The SMILES string of the molecule is C[Si](C)(C)c1ccc(-c2c3nc(c(-c4ccc([Si](C)(C)C)cc4-c4cc(Cl)c([Si](C)(C)C)c(Cl)c4-c4c(Cl)cccc4Cl)c4ccc([nH]4)c(-c4ccc([Si](C)(C)C)cc4-c4cc(Cl)c([Si](C)(C)C)c(Cl)c4-c4c(Cl)cccc4Cl)c4nc(c(-c5ccc([Si](C)(C)C)cc5-c5cc(Cl)c([Si](C)(C)C)c(Cl)c5-c5c(Cl)cccc5Cl)c5ccc2[nH]5)C=C4)C=C3)c(-c2cc(Cl)c([Si](C)(C)C)c(Cl)c2-c2c(Cl)cccc2Cl)c1. The molecule has 2 aliphatic heterocycles. The van der Waals surface area contributed by atoms with E-state index in [0.717, 1.165) is 86.0 Å². The molecule has 738 valence electrons. The number of nitrogens with one attached hydrogen (secondary N) is 2. The van der Waals surface area contributed by atoms with Gasteiger partial charge in [-0.1, -0.05) is 461 Å². The lowest BCUT2D eigenvalue weighted by molar-refractivity contribution is 1.31. The van der Waals surface area contributed by atoms with Gasteiger partial charge in [0.25, 0.3) is 0 Å². The molecule has 0 fully saturated rings. The Hall–Kier alpha value is -6.38. The van der Waals surface area contributed by atoms with Crippen LogP contribution in [0.4, 0.5) is 0 Å². The molecule has 2 aliphatic rings. The number of fused-ring (bicyclic) bond motifs is 8. The fourth-order valence-electron chi connectivity index (χ4n) is 20.1. The minimum atomic E-state index is -2.42. The number of benzene rings is 12. The van der Waals surface area contributed by atoms with Gasteiger partial charge in [0.15, 0.2) is 0 Å². The molecule has 0 saturated heterocycles. The molecule has 0 amide bonds. The van der Waals surface area contributed by atoms with E-state index in [1.807, 2.05) is 72.8 Å². The lowest BCUT2D eigenvalue weighted by atomic mass is 9.88. The van der Waals surface area contributed by atoms with Crippen LogP contribution >= 0.6 is 186 Å². The number of aromatic amines is 2. The van der Waals surface area contributed by atoms with Crippen molar-refractivity contribution in [3.8, 4) is 134 Å². The summed E-state index contributed by atoms with van der Waals surface area (Å²) in [7, 11) is -18.8. The van der Waals surface area contributed by atoms with Crippen LogP contribution in [0.5, 0.6) is 0 Å². The highest BCUT2D eigenvalue weighted by Gasteiger charge is 2.40. The highest BCUT2D eigenvalue weighted by Crippen LogP contribution is 2.57. The van der Waals surface area contributed by atoms with Crippen molar-refractivity contribution < 1.29 is 0 Å². The molecule has 0 aliphatic carbocycles. The van der Waals surface area contributed by atoms with E-state index in [1.165, 1.54) is 0 Å². The second kappa shape index (κ2) is 40.3. The second-order valence-electron chi connectivity index (χ2n) is 45.8. The summed E-state index contributed by atoms with van der Waals surface area (Å²) in [4.78, 5) is 21.0. The molecule has 8 bridgehead atoms. The zero-order valence-electron chi connectivity index (χ0n) is 84.7. The first-order chi connectivity index (χ1) is 67.1. The molecule has 3 aromatic heterocycles. The van der Waals surface area contributed by atoms with Crippen LogP contribution < -0.4 is 41.5 Å². The van der Waals surface area contributed by atoms with Gasteiger partial charge in [-0.2, -0.15) is 0 Å². The molecule has 144 heavy (non-hydrogen) atoms. The first kappa shape index (κ1) is 109. The highest BCUT2D eigenvalue weighted by atomic mass is 35.5. The molecule has 0 atom stereocenters. The normalized spacial score (nSPS) is 12.9. The van der Waals surface area contributed by atoms with Crippen LogP contribution in [0.3, 0.4) is 0 Å². The van der Waals surface area contributed by atoms with Crippen molar-refractivity contribution in [1.29, 1.82) is 0 Å². The highest BCUT2D eigenvalue weighted by molar-refractivity contribution is 6.95. The molecule has 12 aromatic carbocycles. The predicted octanol–water partition coefficient (Wildman–Crippen LogP) is 39.5. The summed E-state index contributed by atoms with van der Waals surface area (Å²) < 4.78 is 0. The van der Waals surface area contributed by atoms with Crippen molar-refractivity contribution in [1.82, 2.24) is 19.9 Å². The van der Waals surface area contributed by atoms with E-state index in [4.69, 9.17) is 196 Å². The minimum Gasteiger partial charge on any atom is -0.354 e. The first-order valence-electron chi connectivity index (χ1n) is 47.8. The van der Waals surface area contributed by atoms with E-state index in [0.29, 0.717) is 214 Å². The summed E-state index contributed by atoms with van der Waals surface area (Å²) in [6.45, 7) is 55.2. The van der Waals surface area contributed by atoms with Gasteiger partial charge in [-0.15, -0.1) is 0 Å². The third-order valence-electron chi connectivity index (χ3n) is 27.3. The van der Waals surface area contributed by atoms with Gasteiger partial charge < -0.3 is 9.97 Å². The Balaban J connectivity index is 1.15. The number of hydrogen-bond donors (Lipinski definition) is 2. The van der Waals surface area contributed by atoms with E-state index >= 15 is 0 Å². The van der Waals surface area contributed by atoms with E-state index in [2.05, 4.69) is 313 Å². The average Bonchev–Trinajstić information content (AvgIpc) is 1.40. The molecule has 0 radical (unpaired) electrons. The van der Waals surface area contributed by atoms with Crippen LogP contribution in [0.15, 0.2) is 194 Å². The third kappa shape index (κ3) is 20.6. The summed E-state index contributed by atoms with van der Waals surface area (Å²) in [5.74, 6) is 0. The summed E-state index contributed by atoms with van der Waals surface area (Å²) >= 11 is 126. The monoisotopic (exact) mass is 2340 g/mol. The zero-order valence-corrected chi connectivity index (χ0v) is 105. The topological polar surface area (TPSA) is 57.4 Å². The van der Waals surface area contributed by atoms with Crippen LogP contribution in [0.2, 0.25) is 237 Å². The van der Waals surface area contributed by atoms with Crippen molar-refractivity contribution in [2.24, 2.45) is 0 Å². The Kier molecular flexibility index (Phi) is 30.5. The standard InChI is InChI=1S/C116H110Cl16N4Si8/c1-137(2,3)61-37-41-65(69(53-61)73-57-85(125)113(141(13,14)15)109(129)101(73)105-77(117)29-25-30-78(105)118)97-89-45-47-91(133-89)98(66-42-38-62(138(4,5)6)54-70(66)74-58-86(126)114(142(16,17)18)110(130)102(74)106-79(119)31-26-32-80(106)120)93-49-51-95(135-93)100(68-44-40-64(140(10,11)12)56-72(68)76-60-88(128)116(144(22,23)24)112(132)104(76)108-83(123)35-28-36-84(108)124)96-52-50-94(136-96)99(92-48-46-90(97)134-92)67-43-39-63(139(7,8)9)55-71(67)75-59-87(127)115(143(19,20)21)111(131)103(75)107-81(121)33-27-34-82(107)122/h25-60,133,136H,1-24H3. The van der Waals surface area contributed by atoms with Crippen LogP contribution in [0, 0.1) is 0 Å². The number of hydrogen-bond acceptors (Lipinski definition) is 2. The molecular weight excluding hydrogens is 2240 g/mol. The summed E-state index contributed by atoms with van der Waals surface area (Å²) in [6, 6.07) is 66.6. The van der Waals surface area contributed by atoms with Crippen molar-refractivity contribution >= 4 is 338 Å². The molecule has 5 heterocycles. The van der Waals surface area contributed by atoms with Gasteiger partial charge in [0.05, 0.1) is 87.4 Å². The number of H-pyrrole nitrogens is 2. The smallest absolute Gasteiger partial charge is 0.0815 e. The van der Waals surface area contributed by atoms with Crippen molar-refractivity contribution in [3.05, 3.63) is 297 Å². The number of aromatic nitrogens is 4. The Morgan fingerprint density at radius 2 is 0.340 bits per heavy atom. The molecule has 17 rings (SSSR count). The molecule has 0 spiro atoms. The van der Waals surface area contributed by atoms with Crippen molar-refractivity contribution in [3.63, 3.8) is 0 Å². The molecule has 0 saturated carbocycles. The van der Waals surface area contributed by atoms with Gasteiger partial charge in [-0.3, -0.25) is 0 Å². The molecule has 0 unspecified atom stereocenters. The molecule has 28 heteroatoms. The van der Waals surface area contributed by atoms with E-state index in [9.17, 15) is 0 Å². The fourth-order valence-corrected chi connectivity index (χ4v) is 42.4. The van der Waals surface area contributed by atoms with Gasteiger partial charge in [0.1, 0.15) is 0 Å². The quantitative estimate of drug-likeness (QED) is 0.0747. The maximum atomic E-state index is 8.23. The van der Waals surface area contributed by atoms with E-state index in [1.54, 1.807) is 0 Å². The van der Waals surface area contributed by atoms with E-state index < -0.39 is 64.6 Å². The molecule has 15 aromatic rings. The Bertz CT molecular complexity index is 7170. The maximum absolute atomic E-state index is 8.23. The molecule has 2 N–H and O–H groups in total. The van der Waals surface area contributed by atoms with Crippen molar-refractivity contribution in [2.45, 2.75) is 157 Å². The van der Waals surface area contributed by atoms with Gasteiger partial charge in [-0.05, 0) is 209 Å². The first-order valence-corrected chi connectivity index (χ1v) is 81.8. The predicted molar refractivity (Wildman–Crippen MR) is 668 cm³/mol. The Morgan fingerprint density at radius 3 is 0.500 bits per heavy atom. The third-order valence-corrected chi connectivity index (χ3v) is 50.0. The van der Waals surface area contributed by atoms with Crippen LogP contribution in [-0.4, -0.2) is 84.5 Å². The van der Waals surface area contributed by atoms with Gasteiger partial charge in [0.2, 0.25) is 0 Å². The number of halogens is 16. The molecule has 4 nitrogen and oxygen atoms in total. The number of rotatable bonds is 20. The largest absolute Gasteiger partial charge is 0.354 e.